The summed E-state index contributed by atoms with van der Waals surface area (Å²) in [6, 6.07) is 6.91. The van der Waals surface area contributed by atoms with Crippen molar-refractivity contribution < 1.29 is 19.1 Å². The topological polar surface area (TPSA) is 68.4 Å². The SMILES string of the molecule is COC(=O)c1c(C)[nH]c(C(=O)COc2ccccc2Cl)c1C. The van der Waals surface area contributed by atoms with Crippen LogP contribution in [0.25, 0.3) is 0 Å². The molecule has 0 amide bonds. The van der Waals surface area contributed by atoms with Gasteiger partial charge in [0.05, 0.1) is 23.4 Å². The largest absolute Gasteiger partial charge is 0.484 e. The molecule has 0 saturated heterocycles. The van der Waals surface area contributed by atoms with Crippen LogP contribution in [0.1, 0.15) is 32.1 Å². The molecule has 1 heterocycles. The molecule has 2 aromatic rings. The van der Waals surface area contributed by atoms with E-state index in [2.05, 4.69) is 4.98 Å². The van der Waals surface area contributed by atoms with Crippen LogP contribution >= 0.6 is 11.6 Å². The van der Waals surface area contributed by atoms with E-state index >= 15 is 0 Å². The first-order valence-electron chi connectivity index (χ1n) is 6.63. The summed E-state index contributed by atoms with van der Waals surface area (Å²) in [5.41, 5.74) is 1.86. The van der Waals surface area contributed by atoms with Gasteiger partial charge >= 0.3 is 5.97 Å². The molecule has 6 heteroatoms. The van der Waals surface area contributed by atoms with Crippen LogP contribution in [0.4, 0.5) is 0 Å². The fraction of sp³-hybridized carbons (Fsp3) is 0.250. The summed E-state index contributed by atoms with van der Waals surface area (Å²) in [5, 5.41) is 0.435. The maximum Gasteiger partial charge on any atom is 0.339 e. The minimum Gasteiger partial charge on any atom is -0.484 e. The lowest BCUT2D eigenvalue weighted by Crippen LogP contribution is -2.13. The first-order valence-corrected chi connectivity index (χ1v) is 7.01. The monoisotopic (exact) mass is 321 g/mol. The van der Waals surface area contributed by atoms with Gasteiger partial charge in [0.2, 0.25) is 5.78 Å². The van der Waals surface area contributed by atoms with Gasteiger partial charge in [-0.1, -0.05) is 23.7 Å². The minimum absolute atomic E-state index is 0.175. The number of carbonyl (C=O) groups excluding carboxylic acids is 2. The van der Waals surface area contributed by atoms with Crippen molar-refractivity contribution in [1.29, 1.82) is 0 Å². The highest BCUT2D eigenvalue weighted by atomic mass is 35.5. The zero-order chi connectivity index (χ0) is 16.3. The fourth-order valence-electron chi connectivity index (χ4n) is 2.21. The summed E-state index contributed by atoms with van der Waals surface area (Å²) < 4.78 is 10.1. The average molecular weight is 322 g/mol. The highest BCUT2D eigenvalue weighted by molar-refractivity contribution is 6.32. The molecule has 0 unspecified atom stereocenters. The summed E-state index contributed by atoms with van der Waals surface area (Å²) in [6.07, 6.45) is 0. The van der Waals surface area contributed by atoms with E-state index < -0.39 is 5.97 Å². The van der Waals surface area contributed by atoms with Crippen LogP contribution in [-0.4, -0.2) is 30.5 Å². The number of rotatable bonds is 5. The van der Waals surface area contributed by atoms with Gasteiger partial charge in [0.15, 0.2) is 6.61 Å². The fourth-order valence-corrected chi connectivity index (χ4v) is 2.40. The minimum atomic E-state index is -0.475. The van der Waals surface area contributed by atoms with Crippen LogP contribution in [0.3, 0.4) is 0 Å². The molecule has 22 heavy (non-hydrogen) atoms. The van der Waals surface area contributed by atoms with Crippen molar-refractivity contribution in [3.8, 4) is 5.75 Å². The van der Waals surface area contributed by atoms with Crippen molar-refractivity contribution in [3.63, 3.8) is 0 Å². The molecule has 0 aliphatic carbocycles. The first-order chi connectivity index (χ1) is 10.5. The second-order valence-electron chi connectivity index (χ2n) is 4.76. The Kier molecular flexibility index (Phi) is 4.88. The second kappa shape index (κ2) is 6.66. The number of benzene rings is 1. The van der Waals surface area contributed by atoms with Gasteiger partial charge < -0.3 is 14.5 Å². The Hall–Kier alpha value is -2.27. The molecule has 1 N–H and O–H groups in total. The summed E-state index contributed by atoms with van der Waals surface area (Å²) in [7, 11) is 1.30. The predicted molar refractivity (Wildman–Crippen MR) is 82.9 cm³/mol. The van der Waals surface area contributed by atoms with Gasteiger partial charge in [-0.25, -0.2) is 4.79 Å². The van der Waals surface area contributed by atoms with Crippen LogP contribution in [0.2, 0.25) is 5.02 Å². The van der Waals surface area contributed by atoms with Gasteiger partial charge in [-0.15, -0.1) is 0 Å². The number of para-hydroxylation sites is 1. The van der Waals surface area contributed by atoms with E-state index in [0.29, 0.717) is 33.3 Å². The average Bonchev–Trinajstić information content (AvgIpc) is 2.80. The Morgan fingerprint density at radius 2 is 1.91 bits per heavy atom. The molecule has 5 nitrogen and oxygen atoms in total. The summed E-state index contributed by atoms with van der Waals surface area (Å²) in [6.45, 7) is 3.23. The van der Waals surface area contributed by atoms with Crippen molar-refractivity contribution >= 4 is 23.4 Å². The molecule has 2 rings (SSSR count). The number of H-pyrrole nitrogens is 1. The number of ketones is 1. The quantitative estimate of drug-likeness (QED) is 0.677. The lowest BCUT2D eigenvalue weighted by molar-refractivity contribution is 0.0599. The van der Waals surface area contributed by atoms with Gasteiger partial charge in [-0.05, 0) is 31.5 Å². The van der Waals surface area contributed by atoms with Crippen molar-refractivity contribution in [3.05, 3.63) is 51.8 Å². The van der Waals surface area contributed by atoms with E-state index in [4.69, 9.17) is 21.1 Å². The number of aromatic nitrogens is 1. The van der Waals surface area contributed by atoms with Crippen LogP contribution < -0.4 is 4.74 Å². The van der Waals surface area contributed by atoms with Crippen molar-refractivity contribution in [1.82, 2.24) is 4.98 Å². The van der Waals surface area contributed by atoms with E-state index in [0.717, 1.165) is 0 Å². The number of carbonyl (C=O) groups is 2. The van der Waals surface area contributed by atoms with Gasteiger partial charge in [0.1, 0.15) is 5.75 Å². The molecule has 0 saturated carbocycles. The molecule has 0 radical (unpaired) electrons. The molecule has 0 bridgehead atoms. The smallest absolute Gasteiger partial charge is 0.339 e. The molecule has 116 valence electrons. The number of Topliss-reactive ketones (excluding diaryl/α,β-unsaturated/α-hetero) is 1. The number of esters is 1. The Balaban J connectivity index is 2.17. The predicted octanol–water partition coefficient (Wildman–Crippen LogP) is 3.33. The molecule has 0 spiro atoms. The third kappa shape index (κ3) is 3.14. The van der Waals surface area contributed by atoms with E-state index in [-0.39, 0.29) is 12.4 Å². The van der Waals surface area contributed by atoms with E-state index in [1.807, 2.05) is 0 Å². The molecule has 0 atom stereocenters. The first kappa shape index (κ1) is 16.1. The number of ether oxygens (including phenoxy) is 2. The number of methoxy groups -OCH3 is 1. The van der Waals surface area contributed by atoms with Crippen molar-refractivity contribution in [2.24, 2.45) is 0 Å². The normalized spacial score (nSPS) is 10.4. The van der Waals surface area contributed by atoms with Gasteiger partial charge in [-0.2, -0.15) is 0 Å². The van der Waals surface area contributed by atoms with Gasteiger partial charge in [0, 0.05) is 5.69 Å². The molecular formula is C16H16ClNO4. The molecule has 1 aromatic heterocycles. The Labute approximate surface area is 133 Å². The lowest BCUT2D eigenvalue weighted by Gasteiger charge is -2.07. The number of aromatic amines is 1. The van der Waals surface area contributed by atoms with Crippen molar-refractivity contribution in [2.75, 3.05) is 13.7 Å². The zero-order valence-electron chi connectivity index (χ0n) is 12.5. The highest BCUT2D eigenvalue weighted by Gasteiger charge is 2.22. The van der Waals surface area contributed by atoms with Crippen LogP contribution in [0, 0.1) is 13.8 Å². The number of nitrogens with one attached hydrogen (secondary N) is 1. The summed E-state index contributed by atoms with van der Waals surface area (Å²) in [4.78, 5) is 26.9. The zero-order valence-corrected chi connectivity index (χ0v) is 13.3. The molecule has 0 fully saturated rings. The van der Waals surface area contributed by atoms with E-state index in [1.54, 1.807) is 38.1 Å². The number of hydrogen-bond donors (Lipinski definition) is 1. The van der Waals surface area contributed by atoms with Crippen LogP contribution in [-0.2, 0) is 4.74 Å². The Bertz CT molecular complexity index is 721. The maximum absolute atomic E-state index is 12.3. The van der Waals surface area contributed by atoms with E-state index in [1.165, 1.54) is 7.11 Å². The number of aryl methyl sites for hydroxylation is 1. The Morgan fingerprint density at radius 1 is 1.23 bits per heavy atom. The molecular weight excluding hydrogens is 306 g/mol. The Morgan fingerprint density at radius 3 is 2.55 bits per heavy atom. The molecule has 0 aliphatic heterocycles. The summed E-state index contributed by atoms with van der Waals surface area (Å²) in [5.74, 6) is -0.306. The second-order valence-corrected chi connectivity index (χ2v) is 5.17. The molecule has 1 aromatic carbocycles. The van der Waals surface area contributed by atoms with Gasteiger partial charge in [0.25, 0.3) is 0 Å². The van der Waals surface area contributed by atoms with Crippen molar-refractivity contribution in [2.45, 2.75) is 13.8 Å². The van der Waals surface area contributed by atoms with Crippen LogP contribution in [0.15, 0.2) is 24.3 Å². The maximum atomic E-state index is 12.3. The van der Waals surface area contributed by atoms with E-state index in [9.17, 15) is 9.59 Å². The molecule has 0 aliphatic rings. The summed E-state index contributed by atoms with van der Waals surface area (Å²) >= 11 is 5.97. The lowest BCUT2D eigenvalue weighted by atomic mass is 10.1. The highest BCUT2D eigenvalue weighted by Crippen LogP contribution is 2.24. The third-order valence-electron chi connectivity index (χ3n) is 3.30. The third-order valence-corrected chi connectivity index (χ3v) is 3.61. The number of hydrogen-bond acceptors (Lipinski definition) is 4. The van der Waals surface area contributed by atoms with Gasteiger partial charge in [-0.3, -0.25) is 4.79 Å². The van der Waals surface area contributed by atoms with Crippen LogP contribution in [0.5, 0.6) is 5.75 Å². The number of halogens is 1. The standard InChI is InChI=1S/C16H16ClNO4/c1-9-14(16(20)21-3)10(2)18-15(9)12(19)8-22-13-7-5-4-6-11(13)17/h4-7,18H,8H2,1-3H3.